The van der Waals surface area contributed by atoms with Crippen molar-refractivity contribution in [3.05, 3.63) is 68.4 Å². The number of allylic oxidation sites excluding steroid dienone is 6. The summed E-state index contributed by atoms with van der Waals surface area (Å²) in [6, 6.07) is 0. The third-order valence-corrected chi connectivity index (χ3v) is 5.08. The minimum absolute atomic E-state index is 0.603. The number of hydrogen-bond donors (Lipinski definition) is 0. The molecule has 0 N–H and O–H groups in total. The molecule has 0 radical (unpaired) electrons. The van der Waals surface area contributed by atoms with E-state index < -0.39 is 0 Å². The van der Waals surface area contributed by atoms with E-state index in [4.69, 9.17) is 0 Å². The molecule has 0 fully saturated rings. The van der Waals surface area contributed by atoms with Gasteiger partial charge in [-0.25, -0.2) is 0 Å². The van der Waals surface area contributed by atoms with Crippen molar-refractivity contribution >= 4 is 0 Å². The second kappa shape index (κ2) is 5.36. The minimum Gasteiger partial charge on any atom is -0.754 e. The van der Waals surface area contributed by atoms with E-state index in [2.05, 4.69) is 0 Å². The number of nitrogens with zero attached hydrogens (tertiary/aromatic N) is 2. The van der Waals surface area contributed by atoms with Gasteiger partial charge in [-0.15, -0.1) is 0 Å². The Bertz CT molecular complexity index is 692. The number of hydroxylamine groups is 2. The van der Waals surface area contributed by atoms with Crippen molar-refractivity contribution in [2.45, 2.75) is 51.4 Å². The van der Waals surface area contributed by atoms with Gasteiger partial charge < -0.3 is 10.3 Å². The first-order valence-electron chi connectivity index (χ1n) is 8.24. The van der Waals surface area contributed by atoms with Crippen LogP contribution in [0.1, 0.15) is 51.4 Å². The normalized spacial score (nSPS) is 28.2. The van der Waals surface area contributed by atoms with Gasteiger partial charge in [-0.05, 0) is 80.4 Å². The van der Waals surface area contributed by atoms with Gasteiger partial charge in [0.2, 0.25) is 6.20 Å². The van der Waals surface area contributed by atoms with Gasteiger partial charge in [-0.1, -0.05) is 0 Å². The molecular formula is C18H20N2O2. The summed E-state index contributed by atoms with van der Waals surface area (Å²) in [5.41, 5.74) is 5.86. The Labute approximate surface area is 130 Å². The predicted octanol–water partition coefficient (Wildman–Crippen LogP) is 4.57. The van der Waals surface area contributed by atoms with Crippen molar-refractivity contribution in [2.75, 3.05) is 0 Å². The van der Waals surface area contributed by atoms with Gasteiger partial charge in [-0.2, -0.15) is 0 Å². The fraction of sp³-hybridized carbons (Fsp3) is 0.444. The molecule has 0 bridgehead atoms. The van der Waals surface area contributed by atoms with E-state index in [1.165, 1.54) is 24.0 Å². The van der Waals surface area contributed by atoms with Crippen LogP contribution in [0.4, 0.5) is 0 Å². The molecule has 22 heavy (non-hydrogen) atoms. The molecule has 4 nitrogen and oxygen atoms in total. The number of hydrogen-bond acceptors (Lipinski definition) is 3. The lowest BCUT2D eigenvalue weighted by molar-refractivity contribution is -0.424. The third kappa shape index (κ3) is 2.10. The first-order chi connectivity index (χ1) is 10.8. The lowest BCUT2D eigenvalue weighted by atomic mass is 9.83. The van der Waals surface area contributed by atoms with Gasteiger partial charge in [0.25, 0.3) is 5.70 Å². The minimum atomic E-state index is 0.603. The molecule has 0 aromatic carbocycles. The van der Waals surface area contributed by atoms with E-state index in [-0.39, 0.29) is 0 Å². The van der Waals surface area contributed by atoms with Gasteiger partial charge in [-0.3, -0.25) is 0 Å². The lowest BCUT2D eigenvalue weighted by Crippen LogP contribution is -2.25. The molecule has 0 unspecified atom stereocenters. The molecular weight excluding hydrogens is 276 g/mol. The van der Waals surface area contributed by atoms with Crippen molar-refractivity contribution in [1.82, 2.24) is 5.06 Å². The van der Waals surface area contributed by atoms with Crippen LogP contribution in [0.5, 0.6) is 0 Å². The number of rotatable bonds is 0. The molecule has 0 aromatic rings. The van der Waals surface area contributed by atoms with Crippen LogP contribution in [0.15, 0.2) is 58.2 Å². The summed E-state index contributed by atoms with van der Waals surface area (Å²) in [4.78, 5) is 12.5. The topological polar surface area (TPSA) is 46.4 Å². The van der Waals surface area contributed by atoms with Crippen LogP contribution in [-0.2, 0) is 0 Å². The molecule has 4 heteroatoms. The van der Waals surface area contributed by atoms with Crippen LogP contribution in [0, 0.1) is 10.1 Å². The predicted molar refractivity (Wildman–Crippen MR) is 85.1 cm³/mol. The summed E-state index contributed by atoms with van der Waals surface area (Å²) < 4.78 is 0.906. The van der Waals surface area contributed by atoms with Crippen molar-refractivity contribution < 1.29 is 4.76 Å². The Morgan fingerprint density at radius 1 is 0.909 bits per heavy atom. The highest BCUT2D eigenvalue weighted by atomic mass is 16.5. The van der Waals surface area contributed by atoms with E-state index in [1.807, 2.05) is 12.2 Å². The second-order valence-corrected chi connectivity index (χ2v) is 6.40. The smallest absolute Gasteiger partial charge is 0.289 e. The van der Waals surface area contributed by atoms with E-state index >= 15 is 0 Å². The molecule has 0 amide bonds. The van der Waals surface area contributed by atoms with Crippen LogP contribution in [-0.4, -0.2) is 9.82 Å². The van der Waals surface area contributed by atoms with Crippen LogP contribution >= 0.6 is 0 Å². The fourth-order valence-electron chi connectivity index (χ4n) is 3.99. The summed E-state index contributed by atoms with van der Waals surface area (Å²) >= 11 is 0. The van der Waals surface area contributed by atoms with Crippen LogP contribution in [0.3, 0.4) is 0 Å². The van der Waals surface area contributed by atoms with Crippen LogP contribution in [0.2, 0.25) is 0 Å². The van der Waals surface area contributed by atoms with E-state index in [9.17, 15) is 10.1 Å². The van der Waals surface area contributed by atoms with Crippen molar-refractivity contribution in [3.8, 4) is 0 Å². The average molecular weight is 296 g/mol. The molecule has 4 rings (SSSR count). The van der Waals surface area contributed by atoms with Gasteiger partial charge in [0.1, 0.15) is 5.70 Å². The molecule has 4 aliphatic rings. The Morgan fingerprint density at radius 3 is 2.32 bits per heavy atom. The molecule has 0 atom stereocenters. The molecule has 2 aliphatic carbocycles. The Hall–Kier alpha value is -1.94. The van der Waals surface area contributed by atoms with Gasteiger partial charge in [0.15, 0.2) is 0 Å². The van der Waals surface area contributed by atoms with Crippen LogP contribution < -0.4 is 0 Å². The quantitative estimate of drug-likeness (QED) is 0.615. The highest BCUT2D eigenvalue weighted by Crippen LogP contribution is 2.42. The summed E-state index contributed by atoms with van der Waals surface area (Å²) in [6.07, 6.45) is 15.3. The monoisotopic (exact) mass is 296 g/mol. The standard InChI is InChI=1S/C18H20N2O2/c21-19-11-9-13-5-1-3-7-15(13)17(19)18-16-8-4-2-6-14(16)10-12-20(18)22/h9-12H,1-8H2. The summed E-state index contributed by atoms with van der Waals surface area (Å²) in [6.45, 7) is 0. The molecule has 2 aliphatic heterocycles. The molecule has 0 aromatic heterocycles. The second-order valence-electron chi connectivity index (χ2n) is 6.40. The molecule has 2 heterocycles. The lowest BCUT2D eigenvalue weighted by Gasteiger charge is -2.37. The Balaban J connectivity index is 1.92. The molecule has 0 saturated heterocycles. The van der Waals surface area contributed by atoms with Crippen molar-refractivity contribution in [3.63, 3.8) is 0 Å². The fourth-order valence-corrected chi connectivity index (χ4v) is 3.99. The van der Waals surface area contributed by atoms with E-state index in [0.717, 1.165) is 59.5 Å². The maximum atomic E-state index is 12.5. The average Bonchev–Trinajstić information content (AvgIpc) is 2.56. The summed E-state index contributed by atoms with van der Waals surface area (Å²) in [5.74, 6) is 0. The van der Waals surface area contributed by atoms with Crippen molar-refractivity contribution in [1.29, 1.82) is 0 Å². The van der Waals surface area contributed by atoms with E-state index in [0.29, 0.717) is 11.4 Å². The zero-order chi connectivity index (χ0) is 15.1. The Morgan fingerprint density at radius 2 is 1.55 bits per heavy atom. The SMILES string of the molecule is O=[N+]1C=CC2=C(CCCC2)C1=C1C2=C(C=CN1[O-])CCCC2. The third-order valence-electron chi connectivity index (χ3n) is 5.08. The zero-order valence-corrected chi connectivity index (χ0v) is 12.7. The molecule has 0 saturated carbocycles. The first kappa shape index (κ1) is 13.7. The largest absolute Gasteiger partial charge is 0.754 e. The maximum Gasteiger partial charge on any atom is 0.289 e. The molecule has 0 spiro atoms. The highest BCUT2D eigenvalue weighted by molar-refractivity contribution is 5.52. The first-order valence-corrected chi connectivity index (χ1v) is 8.24. The van der Waals surface area contributed by atoms with Crippen molar-refractivity contribution in [2.24, 2.45) is 0 Å². The van der Waals surface area contributed by atoms with E-state index in [1.54, 1.807) is 12.4 Å². The highest BCUT2D eigenvalue weighted by Gasteiger charge is 2.35. The maximum absolute atomic E-state index is 12.5. The van der Waals surface area contributed by atoms with Gasteiger partial charge in [0, 0.05) is 16.6 Å². The summed E-state index contributed by atoms with van der Waals surface area (Å²) in [7, 11) is 0. The zero-order valence-electron chi connectivity index (χ0n) is 12.7. The summed E-state index contributed by atoms with van der Waals surface area (Å²) in [5, 5.41) is 13.4. The van der Waals surface area contributed by atoms with Gasteiger partial charge in [0.05, 0.1) is 4.76 Å². The Kier molecular flexibility index (Phi) is 3.34. The van der Waals surface area contributed by atoms with Gasteiger partial charge >= 0.3 is 0 Å². The number of nitroso groups, excluding NO2 is 1. The van der Waals surface area contributed by atoms with Crippen LogP contribution in [0.25, 0.3) is 0 Å². The molecule has 114 valence electrons.